The van der Waals surface area contributed by atoms with Gasteiger partial charge in [-0.15, -0.1) is 11.3 Å². The summed E-state index contributed by atoms with van der Waals surface area (Å²) in [7, 11) is 0. The number of nitrogen functional groups attached to an aromatic ring is 1. The van der Waals surface area contributed by atoms with Gasteiger partial charge >= 0.3 is 0 Å². The molecule has 3 aromatic rings. The minimum absolute atomic E-state index is 0.279. The summed E-state index contributed by atoms with van der Waals surface area (Å²) in [6.07, 6.45) is 0. The molecule has 0 bridgehead atoms. The molecule has 2 N–H and O–H groups in total. The highest BCUT2D eigenvalue weighted by Crippen LogP contribution is 2.40. The molecule has 1 aromatic carbocycles. The highest BCUT2D eigenvalue weighted by Gasteiger charge is 2.18. The zero-order valence-electron chi connectivity index (χ0n) is 9.56. The number of aromatic nitrogens is 1. The molecule has 2 heterocycles. The van der Waals surface area contributed by atoms with E-state index >= 15 is 0 Å². The van der Waals surface area contributed by atoms with Crippen LogP contribution in [0.25, 0.3) is 21.7 Å². The Balaban J connectivity index is 2.16. The third-order valence-electron chi connectivity index (χ3n) is 2.66. The van der Waals surface area contributed by atoms with Gasteiger partial charge in [-0.2, -0.15) is 0 Å². The van der Waals surface area contributed by atoms with Gasteiger partial charge in [0.05, 0.1) is 14.8 Å². The van der Waals surface area contributed by atoms with Crippen molar-refractivity contribution in [3.8, 4) is 21.7 Å². The molecule has 0 atom stereocenters. The lowest BCUT2D eigenvalue weighted by molar-refractivity contribution is 0.439. The van der Waals surface area contributed by atoms with Crippen LogP contribution in [0.5, 0.6) is 0 Å². The molecule has 0 fully saturated rings. The Morgan fingerprint density at radius 1 is 1.05 bits per heavy atom. The summed E-state index contributed by atoms with van der Waals surface area (Å²) in [6, 6.07) is 11.1. The standard InChI is InChI=1S/C13H8Cl2N2OS/c14-8-3-1-7(2-4-8)11-12(17-18-13(11)16)9-5-6-10(15)19-9/h1-6H,16H2. The number of rotatable bonds is 2. The Hall–Kier alpha value is -1.49. The molecule has 0 aliphatic carbocycles. The number of benzene rings is 1. The monoisotopic (exact) mass is 310 g/mol. The second kappa shape index (κ2) is 4.89. The van der Waals surface area contributed by atoms with Crippen molar-refractivity contribution in [3.63, 3.8) is 0 Å². The van der Waals surface area contributed by atoms with E-state index in [1.165, 1.54) is 11.3 Å². The van der Waals surface area contributed by atoms with Gasteiger partial charge in [0.2, 0.25) is 5.88 Å². The van der Waals surface area contributed by atoms with Crippen LogP contribution >= 0.6 is 34.5 Å². The first-order valence-corrected chi connectivity index (χ1v) is 6.99. The molecular weight excluding hydrogens is 303 g/mol. The Labute approximate surface area is 123 Å². The van der Waals surface area contributed by atoms with E-state index in [0.29, 0.717) is 15.1 Å². The van der Waals surface area contributed by atoms with Gasteiger partial charge in [0.1, 0.15) is 5.69 Å². The van der Waals surface area contributed by atoms with Crippen LogP contribution < -0.4 is 5.73 Å². The molecule has 0 aliphatic heterocycles. The average molecular weight is 311 g/mol. The Morgan fingerprint density at radius 2 is 1.79 bits per heavy atom. The van der Waals surface area contributed by atoms with E-state index in [1.54, 1.807) is 12.1 Å². The van der Waals surface area contributed by atoms with Crippen molar-refractivity contribution < 1.29 is 4.52 Å². The van der Waals surface area contributed by atoms with Crippen LogP contribution in [0.1, 0.15) is 0 Å². The van der Waals surface area contributed by atoms with Crippen LogP contribution in [0.15, 0.2) is 40.9 Å². The molecule has 0 spiro atoms. The molecular formula is C13H8Cl2N2OS. The highest BCUT2D eigenvalue weighted by molar-refractivity contribution is 7.19. The van der Waals surface area contributed by atoms with E-state index in [-0.39, 0.29) is 5.88 Å². The third-order valence-corrected chi connectivity index (χ3v) is 4.15. The lowest BCUT2D eigenvalue weighted by Gasteiger charge is -2.01. The van der Waals surface area contributed by atoms with E-state index in [1.807, 2.05) is 24.3 Å². The minimum Gasteiger partial charge on any atom is -0.367 e. The number of hydrogen-bond donors (Lipinski definition) is 1. The molecule has 19 heavy (non-hydrogen) atoms. The summed E-state index contributed by atoms with van der Waals surface area (Å²) in [5, 5.41) is 4.68. The lowest BCUT2D eigenvalue weighted by atomic mass is 10.1. The lowest BCUT2D eigenvalue weighted by Crippen LogP contribution is -1.86. The van der Waals surface area contributed by atoms with Gasteiger partial charge in [-0.1, -0.05) is 40.5 Å². The molecule has 0 unspecified atom stereocenters. The summed E-state index contributed by atoms with van der Waals surface area (Å²) in [6.45, 7) is 0. The third kappa shape index (κ3) is 2.34. The van der Waals surface area contributed by atoms with Crippen molar-refractivity contribution in [3.05, 3.63) is 45.8 Å². The number of hydrogen-bond acceptors (Lipinski definition) is 4. The fourth-order valence-electron chi connectivity index (χ4n) is 1.81. The van der Waals surface area contributed by atoms with Crippen molar-refractivity contribution in [1.82, 2.24) is 5.16 Å². The summed E-state index contributed by atoms with van der Waals surface area (Å²) in [5.74, 6) is 0.279. The van der Waals surface area contributed by atoms with Gasteiger partial charge < -0.3 is 10.3 Å². The minimum atomic E-state index is 0.279. The summed E-state index contributed by atoms with van der Waals surface area (Å²) < 4.78 is 5.80. The fraction of sp³-hybridized carbons (Fsp3) is 0. The van der Waals surface area contributed by atoms with Gasteiger partial charge in [-0.25, -0.2) is 0 Å². The van der Waals surface area contributed by atoms with Crippen molar-refractivity contribution in [1.29, 1.82) is 0 Å². The maximum Gasteiger partial charge on any atom is 0.230 e. The molecule has 2 aromatic heterocycles. The molecule has 6 heteroatoms. The number of anilines is 1. The second-order valence-electron chi connectivity index (χ2n) is 3.88. The largest absolute Gasteiger partial charge is 0.367 e. The predicted molar refractivity (Wildman–Crippen MR) is 79.7 cm³/mol. The second-order valence-corrected chi connectivity index (χ2v) is 6.03. The predicted octanol–water partition coefficient (Wildman–Crippen LogP) is 4.96. The van der Waals surface area contributed by atoms with Gasteiger partial charge in [0.25, 0.3) is 0 Å². The fourth-order valence-corrected chi connectivity index (χ4v) is 2.96. The van der Waals surface area contributed by atoms with Crippen LogP contribution in [-0.4, -0.2) is 5.16 Å². The van der Waals surface area contributed by atoms with Crippen LogP contribution in [-0.2, 0) is 0 Å². The van der Waals surface area contributed by atoms with Gasteiger partial charge in [0, 0.05) is 5.02 Å². The number of nitrogens with zero attached hydrogens (tertiary/aromatic N) is 1. The van der Waals surface area contributed by atoms with Crippen molar-refractivity contribution in [2.24, 2.45) is 0 Å². The zero-order valence-corrected chi connectivity index (χ0v) is 11.9. The van der Waals surface area contributed by atoms with E-state index in [4.69, 9.17) is 33.5 Å². The molecule has 3 nitrogen and oxygen atoms in total. The average Bonchev–Trinajstić information content (AvgIpc) is 2.97. The molecule has 0 radical (unpaired) electrons. The Morgan fingerprint density at radius 3 is 2.42 bits per heavy atom. The van der Waals surface area contributed by atoms with Crippen LogP contribution in [0, 0.1) is 0 Å². The smallest absolute Gasteiger partial charge is 0.230 e. The van der Waals surface area contributed by atoms with E-state index in [2.05, 4.69) is 5.16 Å². The maximum absolute atomic E-state index is 5.95. The first-order valence-electron chi connectivity index (χ1n) is 5.42. The molecule has 3 rings (SSSR count). The van der Waals surface area contributed by atoms with Crippen LogP contribution in [0.2, 0.25) is 9.36 Å². The summed E-state index contributed by atoms with van der Waals surface area (Å²) >= 11 is 13.3. The summed E-state index contributed by atoms with van der Waals surface area (Å²) in [5.41, 5.74) is 8.22. The number of nitrogens with two attached hydrogens (primary N) is 1. The van der Waals surface area contributed by atoms with Crippen molar-refractivity contribution in [2.45, 2.75) is 0 Å². The Bertz CT molecular complexity index is 719. The number of thiophene rings is 1. The molecule has 0 saturated carbocycles. The summed E-state index contributed by atoms with van der Waals surface area (Å²) in [4.78, 5) is 0.912. The topological polar surface area (TPSA) is 52.0 Å². The highest BCUT2D eigenvalue weighted by atomic mass is 35.5. The molecule has 96 valence electrons. The quantitative estimate of drug-likeness (QED) is 0.728. The van der Waals surface area contributed by atoms with Crippen molar-refractivity contribution >= 4 is 40.4 Å². The molecule has 0 aliphatic rings. The van der Waals surface area contributed by atoms with E-state index in [9.17, 15) is 0 Å². The van der Waals surface area contributed by atoms with Crippen LogP contribution in [0.3, 0.4) is 0 Å². The first kappa shape index (κ1) is 12.5. The molecule has 0 saturated heterocycles. The van der Waals surface area contributed by atoms with Crippen molar-refractivity contribution in [2.75, 3.05) is 5.73 Å². The SMILES string of the molecule is Nc1onc(-c2ccc(Cl)s2)c1-c1ccc(Cl)cc1. The van der Waals surface area contributed by atoms with E-state index < -0.39 is 0 Å². The normalized spacial score (nSPS) is 10.8. The molecule has 0 amide bonds. The maximum atomic E-state index is 5.95. The van der Waals surface area contributed by atoms with E-state index in [0.717, 1.165) is 16.0 Å². The van der Waals surface area contributed by atoms with Crippen LogP contribution in [0.4, 0.5) is 5.88 Å². The first-order chi connectivity index (χ1) is 9.15. The van der Waals surface area contributed by atoms with Gasteiger partial charge in [-0.05, 0) is 29.8 Å². The Kier molecular flexibility index (Phi) is 3.22. The zero-order chi connectivity index (χ0) is 13.4. The van der Waals surface area contributed by atoms with Gasteiger partial charge in [-0.3, -0.25) is 0 Å². The van der Waals surface area contributed by atoms with Gasteiger partial charge in [0.15, 0.2) is 0 Å². The number of halogens is 2.